The van der Waals surface area contributed by atoms with Crippen molar-refractivity contribution in [2.75, 3.05) is 19.6 Å². The number of aryl methyl sites for hydroxylation is 1. The maximum absolute atomic E-state index is 15.0. The smallest absolute Gasteiger partial charge is 0.161 e. The number of imidazole rings is 1. The van der Waals surface area contributed by atoms with Crippen LogP contribution in [0, 0.1) is 18.8 Å². The van der Waals surface area contributed by atoms with E-state index in [-0.39, 0.29) is 5.82 Å². The fourth-order valence-electron chi connectivity index (χ4n) is 4.09. The number of hydrogen-bond donors (Lipinski definition) is 0. The molecule has 29 heavy (non-hydrogen) atoms. The predicted octanol–water partition coefficient (Wildman–Crippen LogP) is 3.79. The Labute approximate surface area is 168 Å². The van der Waals surface area contributed by atoms with Crippen LogP contribution in [-0.4, -0.2) is 49.3 Å². The SMILES string of the molecule is CCN1CCC(c2cc3c(F)cc(-c4c[c]c5nc(C)cn5n4)cc3nn2)CC1. The number of piperidine rings is 1. The monoisotopic (exact) mass is 389 g/mol. The highest BCUT2D eigenvalue weighted by molar-refractivity contribution is 5.84. The molecule has 1 aliphatic rings. The van der Waals surface area contributed by atoms with E-state index in [1.165, 1.54) is 6.07 Å². The van der Waals surface area contributed by atoms with Gasteiger partial charge in [-0.2, -0.15) is 15.3 Å². The molecule has 0 N–H and O–H groups in total. The third-order valence-electron chi connectivity index (χ3n) is 5.78. The van der Waals surface area contributed by atoms with Gasteiger partial charge >= 0.3 is 0 Å². The first-order valence-corrected chi connectivity index (χ1v) is 10.0. The van der Waals surface area contributed by atoms with Crippen molar-refractivity contribution in [2.24, 2.45) is 0 Å². The molecule has 0 atom stereocenters. The van der Waals surface area contributed by atoms with Crippen LogP contribution in [-0.2, 0) is 0 Å². The summed E-state index contributed by atoms with van der Waals surface area (Å²) in [5, 5.41) is 13.8. The van der Waals surface area contributed by atoms with Gasteiger partial charge in [-0.15, -0.1) is 0 Å². The molecule has 0 aliphatic carbocycles. The number of benzene rings is 1. The van der Waals surface area contributed by atoms with E-state index in [0.717, 1.165) is 43.9 Å². The maximum atomic E-state index is 15.0. The Morgan fingerprint density at radius 2 is 2.00 bits per heavy atom. The zero-order valence-corrected chi connectivity index (χ0v) is 16.6. The number of halogens is 1. The summed E-state index contributed by atoms with van der Waals surface area (Å²) in [4.78, 5) is 6.76. The zero-order valence-electron chi connectivity index (χ0n) is 16.6. The van der Waals surface area contributed by atoms with Crippen LogP contribution in [0.25, 0.3) is 27.8 Å². The molecule has 0 bridgehead atoms. The van der Waals surface area contributed by atoms with Crippen LogP contribution in [0.5, 0.6) is 0 Å². The fraction of sp³-hybridized carbons (Fsp3) is 0.364. The van der Waals surface area contributed by atoms with E-state index in [9.17, 15) is 4.39 Å². The standard InChI is InChI=1S/C22H22FN6/c1-3-28-8-6-15(7-9-28)20-12-17-18(23)10-16(11-21(17)26-25-20)19-4-5-22-24-14(2)13-29(22)27-19/h4,10-13,15H,3,6-9H2,1-2H3. The summed E-state index contributed by atoms with van der Waals surface area (Å²) < 4.78 is 16.6. The van der Waals surface area contributed by atoms with E-state index in [4.69, 9.17) is 0 Å². The quantitative estimate of drug-likeness (QED) is 0.534. The van der Waals surface area contributed by atoms with Crippen molar-refractivity contribution in [1.82, 2.24) is 29.7 Å². The lowest BCUT2D eigenvalue weighted by atomic mass is 9.92. The van der Waals surface area contributed by atoms with Crippen molar-refractivity contribution in [2.45, 2.75) is 32.6 Å². The van der Waals surface area contributed by atoms with E-state index in [2.05, 4.69) is 38.2 Å². The van der Waals surface area contributed by atoms with Crippen LogP contribution in [0.1, 0.15) is 37.1 Å². The Morgan fingerprint density at radius 1 is 1.17 bits per heavy atom. The Hall–Kier alpha value is -2.93. The summed E-state index contributed by atoms with van der Waals surface area (Å²) in [6.07, 6.45) is 3.90. The molecule has 0 saturated carbocycles. The van der Waals surface area contributed by atoms with Crippen molar-refractivity contribution in [1.29, 1.82) is 0 Å². The molecule has 0 spiro atoms. The second-order valence-electron chi connectivity index (χ2n) is 7.69. The third kappa shape index (κ3) is 3.35. The van der Waals surface area contributed by atoms with Gasteiger partial charge < -0.3 is 4.90 Å². The van der Waals surface area contributed by atoms with E-state index in [1.54, 1.807) is 10.6 Å². The topological polar surface area (TPSA) is 59.2 Å². The zero-order chi connectivity index (χ0) is 20.0. The van der Waals surface area contributed by atoms with Gasteiger partial charge in [0.1, 0.15) is 5.82 Å². The second-order valence-corrected chi connectivity index (χ2v) is 7.69. The average molecular weight is 389 g/mol. The minimum atomic E-state index is -0.302. The van der Waals surface area contributed by atoms with Crippen LogP contribution >= 0.6 is 0 Å². The summed E-state index contributed by atoms with van der Waals surface area (Å²) >= 11 is 0. The van der Waals surface area contributed by atoms with Crippen LogP contribution in [0.3, 0.4) is 0 Å². The van der Waals surface area contributed by atoms with E-state index >= 15 is 0 Å². The van der Waals surface area contributed by atoms with Crippen LogP contribution < -0.4 is 0 Å². The van der Waals surface area contributed by atoms with Crippen LogP contribution in [0.15, 0.2) is 30.5 Å². The molecule has 4 aromatic rings. The number of likely N-dealkylation sites (tertiary alicyclic amines) is 1. The average Bonchev–Trinajstić information content (AvgIpc) is 3.12. The molecule has 6 nitrogen and oxygen atoms in total. The highest BCUT2D eigenvalue weighted by atomic mass is 19.1. The molecule has 1 aromatic carbocycles. The third-order valence-corrected chi connectivity index (χ3v) is 5.78. The van der Waals surface area contributed by atoms with Crippen molar-refractivity contribution >= 4 is 16.6 Å². The Balaban J connectivity index is 1.49. The van der Waals surface area contributed by atoms with Crippen molar-refractivity contribution in [3.05, 3.63) is 53.7 Å². The van der Waals surface area contributed by atoms with Gasteiger partial charge in [0, 0.05) is 22.9 Å². The summed E-state index contributed by atoms with van der Waals surface area (Å²) in [7, 11) is 0. The first-order chi connectivity index (χ1) is 14.1. The molecule has 147 valence electrons. The number of fused-ring (bicyclic) bond motifs is 2. The first-order valence-electron chi connectivity index (χ1n) is 10.0. The Kier molecular flexibility index (Phi) is 4.47. The molecular formula is C22H22FN6. The minimum Gasteiger partial charge on any atom is -0.304 e. The highest BCUT2D eigenvalue weighted by Crippen LogP contribution is 2.30. The van der Waals surface area contributed by atoms with E-state index in [1.807, 2.05) is 25.3 Å². The van der Waals surface area contributed by atoms with Gasteiger partial charge in [0.25, 0.3) is 0 Å². The fourth-order valence-corrected chi connectivity index (χ4v) is 4.09. The molecular weight excluding hydrogens is 367 g/mol. The van der Waals surface area contributed by atoms with Gasteiger partial charge in [0.2, 0.25) is 0 Å². The normalized spacial score (nSPS) is 16.1. The summed E-state index contributed by atoms with van der Waals surface area (Å²) in [6, 6.07) is 10.0. The van der Waals surface area contributed by atoms with Gasteiger partial charge in [-0.3, -0.25) is 0 Å². The molecule has 3 aromatic heterocycles. The van der Waals surface area contributed by atoms with E-state index < -0.39 is 0 Å². The lowest BCUT2D eigenvalue weighted by Gasteiger charge is -2.30. The number of aromatic nitrogens is 5. The summed E-state index contributed by atoms with van der Waals surface area (Å²) in [6.45, 7) is 7.27. The van der Waals surface area contributed by atoms with Crippen molar-refractivity contribution in [3.63, 3.8) is 0 Å². The van der Waals surface area contributed by atoms with Crippen molar-refractivity contribution in [3.8, 4) is 11.3 Å². The van der Waals surface area contributed by atoms with Gasteiger partial charge in [-0.05, 0) is 63.7 Å². The minimum absolute atomic E-state index is 0.302. The highest BCUT2D eigenvalue weighted by Gasteiger charge is 2.22. The molecule has 1 saturated heterocycles. The van der Waals surface area contributed by atoms with Gasteiger partial charge in [0.05, 0.1) is 28.8 Å². The first kappa shape index (κ1) is 18.1. The summed E-state index contributed by atoms with van der Waals surface area (Å²) in [5.41, 5.74) is 4.20. The van der Waals surface area contributed by atoms with Gasteiger partial charge in [-0.25, -0.2) is 13.9 Å². The molecule has 0 unspecified atom stereocenters. The summed E-state index contributed by atoms with van der Waals surface area (Å²) in [5.74, 6) is 0.0419. The molecule has 1 fully saturated rings. The van der Waals surface area contributed by atoms with Crippen molar-refractivity contribution < 1.29 is 4.39 Å². The number of hydrogen-bond acceptors (Lipinski definition) is 5. The molecule has 1 aliphatic heterocycles. The molecule has 5 rings (SSSR count). The number of nitrogens with zero attached hydrogens (tertiary/aromatic N) is 6. The Bertz CT molecular complexity index is 1190. The van der Waals surface area contributed by atoms with Gasteiger partial charge in [0.15, 0.2) is 5.65 Å². The molecule has 7 heteroatoms. The van der Waals surface area contributed by atoms with Crippen LogP contribution in [0.2, 0.25) is 0 Å². The number of rotatable bonds is 3. The van der Waals surface area contributed by atoms with E-state index in [0.29, 0.717) is 33.7 Å². The molecule has 4 heterocycles. The predicted molar refractivity (Wildman–Crippen MR) is 109 cm³/mol. The Morgan fingerprint density at radius 3 is 2.79 bits per heavy atom. The largest absolute Gasteiger partial charge is 0.304 e. The lowest BCUT2D eigenvalue weighted by molar-refractivity contribution is 0.220. The molecule has 0 amide bonds. The van der Waals surface area contributed by atoms with Gasteiger partial charge in [-0.1, -0.05) is 6.92 Å². The second kappa shape index (κ2) is 7.15. The maximum Gasteiger partial charge on any atom is 0.161 e. The molecule has 1 radical (unpaired) electrons. The lowest BCUT2D eigenvalue weighted by Crippen LogP contribution is -2.32. The van der Waals surface area contributed by atoms with Crippen LogP contribution in [0.4, 0.5) is 4.39 Å².